The number of aliphatic hydroxyl groups is 2. The summed E-state index contributed by atoms with van der Waals surface area (Å²) in [6.07, 6.45) is -6.32. The van der Waals surface area contributed by atoms with Crippen molar-refractivity contribution in [1.82, 2.24) is 10.6 Å². The molecule has 0 aromatic heterocycles. The maximum absolute atomic E-state index is 11.5. The molecule has 35 heavy (non-hydrogen) atoms. The SMILES string of the molecule is CC(=O)N[C@H]1C(N[C@@H](C)C(=O)O)O[C@H](CO)[C@@H](O)[C@@H]1O[C@H](C)C(=O)O.NC(=O)[C@H](N)CCC(=O)O. The average molecular weight is 510 g/mol. The van der Waals surface area contributed by atoms with Gasteiger partial charge in [-0.05, 0) is 20.3 Å². The maximum Gasteiger partial charge on any atom is 0.332 e. The molecule has 0 spiro atoms. The van der Waals surface area contributed by atoms with Gasteiger partial charge in [-0.3, -0.25) is 24.5 Å². The molecule has 1 fully saturated rings. The summed E-state index contributed by atoms with van der Waals surface area (Å²) in [6.45, 7) is 3.16. The third-order valence-electron chi connectivity index (χ3n) is 4.80. The molecule has 0 saturated carbocycles. The van der Waals surface area contributed by atoms with E-state index in [0.717, 1.165) is 0 Å². The van der Waals surface area contributed by atoms with Gasteiger partial charge in [0, 0.05) is 13.3 Å². The van der Waals surface area contributed by atoms with Crippen LogP contribution in [-0.4, -0.2) is 111 Å². The topological polar surface area (TPSA) is 281 Å². The number of primary amides is 1. The Morgan fingerprint density at radius 3 is 2.06 bits per heavy atom. The van der Waals surface area contributed by atoms with Crippen LogP contribution in [0.15, 0.2) is 0 Å². The number of nitrogens with one attached hydrogen (secondary N) is 2. The Bertz CT molecular complexity index is 751. The Balaban J connectivity index is 0.000000972. The summed E-state index contributed by atoms with van der Waals surface area (Å²) >= 11 is 0. The fourth-order valence-corrected chi connectivity index (χ4v) is 2.83. The first-order valence-corrected chi connectivity index (χ1v) is 10.5. The number of hydrogen-bond acceptors (Lipinski definition) is 11. The van der Waals surface area contributed by atoms with Gasteiger partial charge in [-0.1, -0.05) is 0 Å². The van der Waals surface area contributed by atoms with E-state index in [1.807, 2.05) is 0 Å². The number of aliphatic carboxylic acids is 3. The summed E-state index contributed by atoms with van der Waals surface area (Å²) in [6, 6.07) is -3.00. The highest BCUT2D eigenvalue weighted by atomic mass is 16.6. The molecule has 1 heterocycles. The number of rotatable bonds is 12. The number of hydrogen-bond donors (Lipinski definition) is 9. The van der Waals surface area contributed by atoms with Crippen molar-refractivity contribution in [2.45, 2.75) is 82.4 Å². The lowest BCUT2D eigenvalue weighted by molar-refractivity contribution is -0.226. The number of carboxylic acid groups (broad SMARTS) is 3. The molecule has 16 heteroatoms. The van der Waals surface area contributed by atoms with Gasteiger partial charge in [0.15, 0.2) is 6.10 Å². The van der Waals surface area contributed by atoms with Gasteiger partial charge in [-0.2, -0.15) is 0 Å². The summed E-state index contributed by atoms with van der Waals surface area (Å²) < 4.78 is 10.8. The minimum Gasteiger partial charge on any atom is -0.481 e. The first-order valence-electron chi connectivity index (χ1n) is 10.5. The van der Waals surface area contributed by atoms with Crippen molar-refractivity contribution < 1.29 is 59.0 Å². The Morgan fingerprint density at radius 2 is 1.66 bits per heavy atom. The van der Waals surface area contributed by atoms with E-state index in [2.05, 4.69) is 10.6 Å². The van der Waals surface area contributed by atoms with Gasteiger partial charge in [0.05, 0.1) is 18.7 Å². The van der Waals surface area contributed by atoms with Crippen LogP contribution in [0.4, 0.5) is 0 Å². The van der Waals surface area contributed by atoms with E-state index >= 15 is 0 Å². The zero-order valence-electron chi connectivity index (χ0n) is 19.5. The molecule has 1 aliphatic heterocycles. The van der Waals surface area contributed by atoms with Crippen molar-refractivity contribution in [2.75, 3.05) is 6.61 Å². The summed E-state index contributed by atoms with van der Waals surface area (Å²) in [5.74, 6) is -4.63. The standard InChI is InChI=1S/C14H24N2O9.C5H10N2O3/c1-5(13(20)21)15-12-9(16-7(3)18)11(24-6(2)14(22)23)10(19)8(4-17)25-12;6-3(5(7)10)1-2-4(8)9/h5-6,8-12,15,17,19H,4H2,1-3H3,(H,16,18)(H,20,21)(H,22,23);3H,1-2,6H2,(H2,7,10)(H,8,9)/t5-,6+,8+,9+,10+,11+,12?;3-/m01/s1. The molecular weight excluding hydrogens is 476 g/mol. The number of carbonyl (C=O) groups excluding carboxylic acids is 2. The average Bonchev–Trinajstić information content (AvgIpc) is 2.75. The van der Waals surface area contributed by atoms with Crippen molar-refractivity contribution in [3.63, 3.8) is 0 Å². The number of amides is 2. The van der Waals surface area contributed by atoms with Crippen LogP contribution in [0.5, 0.6) is 0 Å². The second kappa shape index (κ2) is 15.2. The summed E-state index contributed by atoms with van der Waals surface area (Å²) in [5.41, 5.74) is 9.89. The van der Waals surface area contributed by atoms with Crippen molar-refractivity contribution in [3.8, 4) is 0 Å². The lowest BCUT2D eigenvalue weighted by atomic mass is 9.95. The van der Waals surface area contributed by atoms with E-state index in [0.29, 0.717) is 0 Å². The number of ether oxygens (including phenoxy) is 2. The molecule has 1 aliphatic rings. The molecule has 0 aromatic rings. The van der Waals surface area contributed by atoms with Crippen LogP contribution in [0.3, 0.4) is 0 Å². The quantitative estimate of drug-likeness (QED) is 0.122. The molecule has 1 rings (SSSR count). The van der Waals surface area contributed by atoms with Crippen LogP contribution >= 0.6 is 0 Å². The van der Waals surface area contributed by atoms with E-state index in [1.54, 1.807) is 0 Å². The fourth-order valence-electron chi connectivity index (χ4n) is 2.83. The first-order chi connectivity index (χ1) is 16.1. The van der Waals surface area contributed by atoms with Crippen LogP contribution in [0.25, 0.3) is 0 Å². The van der Waals surface area contributed by atoms with Crippen molar-refractivity contribution in [3.05, 3.63) is 0 Å². The van der Waals surface area contributed by atoms with E-state index in [1.165, 1.54) is 20.8 Å². The fraction of sp³-hybridized carbons (Fsp3) is 0.737. The molecule has 0 aliphatic carbocycles. The maximum atomic E-state index is 11.5. The Morgan fingerprint density at radius 1 is 1.09 bits per heavy atom. The van der Waals surface area contributed by atoms with Gasteiger partial charge >= 0.3 is 17.9 Å². The Kier molecular flexibility index (Phi) is 13.9. The smallest absolute Gasteiger partial charge is 0.332 e. The van der Waals surface area contributed by atoms with Crippen LogP contribution in [-0.2, 0) is 33.4 Å². The lowest BCUT2D eigenvalue weighted by Crippen LogP contribution is -2.69. The predicted molar refractivity (Wildman–Crippen MR) is 116 cm³/mol. The van der Waals surface area contributed by atoms with Crippen molar-refractivity contribution >= 4 is 29.7 Å². The summed E-state index contributed by atoms with van der Waals surface area (Å²) in [4.78, 5) is 53.7. The monoisotopic (exact) mass is 510 g/mol. The third kappa shape index (κ3) is 11.4. The second-order valence-electron chi connectivity index (χ2n) is 7.74. The van der Waals surface area contributed by atoms with Gasteiger partial charge in [-0.15, -0.1) is 0 Å². The number of carboxylic acids is 3. The first kappa shape index (κ1) is 32.1. The van der Waals surface area contributed by atoms with Crippen molar-refractivity contribution in [2.24, 2.45) is 11.5 Å². The Hall–Kier alpha value is -2.89. The molecule has 202 valence electrons. The van der Waals surface area contributed by atoms with Gasteiger partial charge in [0.25, 0.3) is 0 Å². The largest absolute Gasteiger partial charge is 0.481 e. The molecule has 1 unspecified atom stereocenters. The van der Waals surface area contributed by atoms with E-state index in [4.69, 9.17) is 36.3 Å². The van der Waals surface area contributed by atoms with Gasteiger partial charge < -0.3 is 51.8 Å². The molecule has 8 atom stereocenters. The molecular formula is C19H34N4O12. The molecule has 0 aromatic carbocycles. The number of aliphatic hydroxyl groups excluding tert-OH is 2. The third-order valence-corrected chi connectivity index (χ3v) is 4.80. The van der Waals surface area contributed by atoms with Crippen molar-refractivity contribution in [1.29, 1.82) is 0 Å². The van der Waals surface area contributed by atoms with Crippen LogP contribution in [0.1, 0.15) is 33.6 Å². The van der Waals surface area contributed by atoms with Gasteiger partial charge in [0.1, 0.15) is 30.6 Å². The van der Waals surface area contributed by atoms with Gasteiger partial charge in [0.2, 0.25) is 11.8 Å². The number of carbonyl (C=O) groups is 5. The number of nitrogens with two attached hydrogens (primary N) is 2. The van der Waals surface area contributed by atoms with Gasteiger partial charge in [-0.25, -0.2) is 4.79 Å². The van der Waals surface area contributed by atoms with E-state index < -0.39 is 85.1 Å². The molecule has 11 N–H and O–H groups in total. The minimum atomic E-state index is -1.44. The van der Waals surface area contributed by atoms with E-state index in [-0.39, 0.29) is 12.8 Å². The van der Waals surface area contributed by atoms with Crippen LogP contribution in [0, 0.1) is 0 Å². The minimum absolute atomic E-state index is 0.102. The molecule has 16 nitrogen and oxygen atoms in total. The molecule has 1 saturated heterocycles. The normalized spacial score (nSPS) is 26.3. The zero-order valence-corrected chi connectivity index (χ0v) is 19.5. The predicted octanol–water partition coefficient (Wildman–Crippen LogP) is -3.85. The van der Waals surface area contributed by atoms with Crippen LogP contribution < -0.4 is 22.1 Å². The lowest BCUT2D eigenvalue weighted by Gasteiger charge is -2.45. The highest BCUT2D eigenvalue weighted by Crippen LogP contribution is 2.24. The van der Waals surface area contributed by atoms with Crippen LogP contribution in [0.2, 0.25) is 0 Å². The highest BCUT2D eigenvalue weighted by Gasteiger charge is 2.48. The summed E-state index contributed by atoms with van der Waals surface area (Å²) in [5, 5.41) is 50.9. The summed E-state index contributed by atoms with van der Waals surface area (Å²) in [7, 11) is 0. The molecule has 2 amide bonds. The zero-order chi connectivity index (χ0) is 27.5. The molecule has 0 radical (unpaired) electrons. The highest BCUT2D eigenvalue weighted by molar-refractivity contribution is 5.80. The Labute approximate surface area is 200 Å². The molecule has 0 bridgehead atoms. The van der Waals surface area contributed by atoms with E-state index in [9.17, 15) is 34.2 Å². The second-order valence-corrected chi connectivity index (χ2v) is 7.74.